The Kier molecular flexibility index (Phi) is 8.08. The van der Waals surface area contributed by atoms with Gasteiger partial charge in [0.2, 0.25) is 5.60 Å². The number of ether oxygens (including phenoxy) is 3. The summed E-state index contributed by atoms with van der Waals surface area (Å²) >= 11 is 0. The van der Waals surface area contributed by atoms with Crippen LogP contribution in [-0.2, 0) is 23.8 Å². The first-order valence-corrected chi connectivity index (χ1v) is 13.6. The van der Waals surface area contributed by atoms with Crippen molar-refractivity contribution in [3.8, 4) is 6.07 Å². The molecule has 3 aliphatic heterocycles. The number of hydrogen-bond donors (Lipinski definition) is 3. The predicted octanol–water partition coefficient (Wildman–Crippen LogP) is 1.47. The molecule has 6 atom stereocenters. The minimum absolute atomic E-state index is 0.205. The molecule has 2 fully saturated rings. The lowest BCUT2D eigenvalue weighted by atomic mass is 9.76. The van der Waals surface area contributed by atoms with Crippen molar-refractivity contribution in [3.05, 3.63) is 11.8 Å². The number of aliphatic imine (C=N–C) groups is 1. The van der Waals surface area contributed by atoms with E-state index < -0.39 is 52.8 Å². The molecule has 4 aliphatic rings. The standard InChI is InChI=1S/C27H40N6O6/c1-25(2,3)21(29)24(36)37-13-18-20(38-19(34)12-16-8-6-5-7-9-16)22(35)27(14-28,39-18)26(4)11-10-17-23(30)31-15-32-33(17)26/h10,15-16,18,20-22,35H,5-9,11-13,29H2,1-4H3,(H2,30,31,32)/t18-,20-,21+,22-,26?,27-/m1/s1. The topological polar surface area (TPSA) is 186 Å². The number of rotatable bonds is 7. The van der Waals surface area contributed by atoms with Crippen molar-refractivity contribution in [2.45, 2.75) is 108 Å². The number of aliphatic hydroxyl groups excluding tert-OH is 1. The Bertz CT molecular complexity index is 1100. The quantitative estimate of drug-likeness (QED) is 0.396. The van der Waals surface area contributed by atoms with E-state index in [4.69, 9.17) is 25.7 Å². The Morgan fingerprint density at radius 1 is 1.33 bits per heavy atom. The normalized spacial score (nSPS) is 33.6. The predicted molar refractivity (Wildman–Crippen MR) is 142 cm³/mol. The number of esters is 2. The van der Waals surface area contributed by atoms with E-state index in [0.29, 0.717) is 5.70 Å². The highest BCUT2D eigenvalue weighted by molar-refractivity contribution is 6.02. The number of fused-ring (bicyclic) bond motifs is 1. The number of hydrazone groups is 1. The number of hydrogen-bond acceptors (Lipinski definition) is 12. The maximum atomic E-state index is 13.0. The maximum absolute atomic E-state index is 13.0. The molecule has 1 saturated carbocycles. The minimum atomic E-state index is -1.92. The lowest BCUT2D eigenvalue weighted by Gasteiger charge is -2.45. The summed E-state index contributed by atoms with van der Waals surface area (Å²) < 4.78 is 17.6. The summed E-state index contributed by atoms with van der Waals surface area (Å²) in [6, 6.07) is 1.23. The molecular formula is C27H40N6O6. The Labute approximate surface area is 229 Å². The van der Waals surface area contributed by atoms with Gasteiger partial charge in [0, 0.05) is 6.42 Å². The third-order valence-corrected chi connectivity index (χ3v) is 8.44. The molecule has 0 aromatic carbocycles. The summed E-state index contributed by atoms with van der Waals surface area (Å²) in [6.07, 6.45) is 4.67. The van der Waals surface area contributed by atoms with Gasteiger partial charge in [-0.3, -0.25) is 14.6 Å². The minimum Gasteiger partial charge on any atom is -0.462 e. The molecule has 0 aromatic heterocycles. The van der Waals surface area contributed by atoms with Gasteiger partial charge in [-0.15, -0.1) is 0 Å². The van der Waals surface area contributed by atoms with Crippen LogP contribution in [0, 0.1) is 22.7 Å². The summed E-state index contributed by atoms with van der Waals surface area (Å²) in [7, 11) is 0. The number of carbonyl (C=O) groups is 2. The molecule has 12 nitrogen and oxygen atoms in total. The molecule has 1 aliphatic carbocycles. The molecule has 1 unspecified atom stereocenters. The summed E-state index contributed by atoms with van der Waals surface area (Å²) in [6.45, 7) is 6.78. The molecule has 4 rings (SSSR count). The fourth-order valence-corrected chi connectivity index (χ4v) is 5.82. The van der Waals surface area contributed by atoms with Crippen molar-refractivity contribution >= 4 is 24.1 Å². The fraction of sp³-hybridized carbons (Fsp3) is 0.741. The molecule has 214 valence electrons. The number of aliphatic hydroxyl groups is 1. The van der Waals surface area contributed by atoms with Crippen LogP contribution in [0.3, 0.4) is 0 Å². The van der Waals surface area contributed by atoms with Crippen molar-refractivity contribution in [3.63, 3.8) is 0 Å². The van der Waals surface area contributed by atoms with Gasteiger partial charge in [0.05, 0.1) is 5.70 Å². The number of nitrogens with zero attached hydrogens (tertiary/aromatic N) is 4. The molecule has 0 radical (unpaired) electrons. The number of amidine groups is 1. The molecule has 0 bridgehead atoms. The van der Waals surface area contributed by atoms with Crippen LogP contribution in [0.2, 0.25) is 0 Å². The third-order valence-electron chi connectivity index (χ3n) is 8.44. The molecule has 5 N–H and O–H groups in total. The van der Waals surface area contributed by atoms with Gasteiger partial charge in [-0.2, -0.15) is 10.4 Å². The monoisotopic (exact) mass is 544 g/mol. The first-order chi connectivity index (χ1) is 18.3. The molecular weight excluding hydrogens is 504 g/mol. The Morgan fingerprint density at radius 3 is 2.67 bits per heavy atom. The van der Waals surface area contributed by atoms with Crippen molar-refractivity contribution in [2.24, 2.45) is 32.9 Å². The van der Waals surface area contributed by atoms with E-state index in [2.05, 4.69) is 16.2 Å². The van der Waals surface area contributed by atoms with Crippen LogP contribution in [0.5, 0.6) is 0 Å². The first kappa shape index (κ1) is 29.0. The van der Waals surface area contributed by atoms with E-state index in [0.717, 1.165) is 32.1 Å². The Hall–Kier alpha value is -3.01. The van der Waals surface area contributed by atoms with Crippen LogP contribution < -0.4 is 11.5 Å². The van der Waals surface area contributed by atoms with Crippen molar-refractivity contribution in [1.82, 2.24) is 5.01 Å². The zero-order chi connectivity index (χ0) is 28.6. The van der Waals surface area contributed by atoms with Gasteiger partial charge in [-0.05, 0) is 37.5 Å². The van der Waals surface area contributed by atoms with Crippen LogP contribution in [-0.4, -0.2) is 76.3 Å². The molecule has 12 heteroatoms. The van der Waals surface area contributed by atoms with Gasteiger partial charge in [-0.25, -0.2) is 4.99 Å². The smallest absolute Gasteiger partial charge is 0.323 e. The number of carbonyl (C=O) groups excluding carboxylic acids is 2. The highest BCUT2D eigenvalue weighted by atomic mass is 16.6. The van der Waals surface area contributed by atoms with Gasteiger partial charge >= 0.3 is 11.9 Å². The van der Waals surface area contributed by atoms with Crippen LogP contribution >= 0.6 is 0 Å². The van der Waals surface area contributed by atoms with Crippen LogP contribution in [0.25, 0.3) is 0 Å². The van der Waals surface area contributed by atoms with Crippen LogP contribution in [0.1, 0.15) is 72.6 Å². The van der Waals surface area contributed by atoms with Gasteiger partial charge in [-0.1, -0.05) is 46.1 Å². The van der Waals surface area contributed by atoms with E-state index in [9.17, 15) is 20.0 Å². The second-order valence-corrected chi connectivity index (χ2v) is 12.2. The second kappa shape index (κ2) is 10.9. The Balaban J connectivity index is 1.59. The summed E-state index contributed by atoms with van der Waals surface area (Å²) in [5.74, 6) is -0.736. The SMILES string of the molecule is CC(C)(C)[C@@H](N)C(=O)OC[C@H]1O[C@@](C#N)(C2(C)CC=C3C(N)=NC=NN32)[C@H](O)[C@@H]1OC(=O)CC1CCCCC1. The van der Waals surface area contributed by atoms with E-state index in [1.165, 1.54) is 11.3 Å². The zero-order valence-corrected chi connectivity index (χ0v) is 23.1. The van der Waals surface area contributed by atoms with Gasteiger partial charge < -0.3 is 30.8 Å². The zero-order valence-electron chi connectivity index (χ0n) is 23.1. The van der Waals surface area contributed by atoms with Gasteiger partial charge in [0.25, 0.3) is 0 Å². The molecule has 39 heavy (non-hydrogen) atoms. The summed E-state index contributed by atoms with van der Waals surface area (Å²) in [4.78, 5) is 29.7. The van der Waals surface area contributed by atoms with Crippen molar-refractivity contribution < 1.29 is 28.9 Å². The van der Waals surface area contributed by atoms with E-state index in [1.807, 2.05) is 20.8 Å². The molecule has 1 saturated heterocycles. The lowest BCUT2D eigenvalue weighted by molar-refractivity contribution is -0.163. The maximum Gasteiger partial charge on any atom is 0.323 e. The second-order valence-electron chi connectivity index (χ2n) is 12.2. The number of nitrogens with two attached hydrogens (primary N) is 2. The van der Waals surface area contributed by atoms with Gasteiger partial charge in [0.15, 0.2) is 11.9 Å². The number of nitriles is 1. The first-order valence-electron chi connectivity index (χ1n) is 13.6. The fourth-order valence-electron chi connectivity index (χ4n) is 5.82. The van der Waals surface area contributed by atoms with Crippen LogP contribution in [0.4, 0.5) is 0 Å². The average Bonchev–Trinajstić information content (AvgIpc) is 3.39. The highest BCUT2D eigenvalue weighted by Gasteiger charge is 2.69. The third kappa shape index (κ3) is 5.27. The summed E-state index contributed by atoms with van der Waals surface area (Å²) in [5.41, 5.74) is 8.88. The van der Waals surface area contributed by atoms with E-state index in [1.54, 1.807) is 13.0 Å². The average molecular weight is 545 g/mol. The highest BCUT2D eigenvalue weighted by Crippen LogP contribution is 2.50. The molecule has 0 spiro atoms. The van der Waals surface area contributed by atoms with Crippen LogP contribution in [0.15, 0.2) is 21.9 Å². The van der Waals surface area contributed by atoms with Gasteiger partial charge in [0.1, 0.15) is 42.8 Å². The molecule has 0 aromatic rings. The van der Waals surface area contributed by atoms with E-state index >= 15 is 0 Å². The van der Waals surface area contributed by atoms with E-state index in [-0.39, 0.29) is 31.2 Å². The Morgan fingerprint density at radius 2 is 2.03 bits per heavy atom. The largest absolute Gasteiger partial charge is 0.462 e. The molecule has 3 heterocycles. The molecule has 0 amide bonds. The lowest BCUT2D eigenvalue weighted by Crippen LogP contribution is -2.64. The van der Waals surface area contributed by atoms with Crippen molar-refractivity contribution in [1.29, 1.82) is 5.26 Å². The summed E-state index contributed by atoms with van der Waals surface area (Å²) in [5, 5.41) is 28.0. The van der Waals surface area contributed by atoms with Crippen molar-refractivity contribution in [2.75, 3.05) is 6.61 Å².